The summed E-state index contributed by atoms with van der Waals surface area (Å²) in [5.74, 6) is 0. The van der Waals surface area contributed by atoms with Gasteiger partial charge in [-0.05, 0) is 24.6 Å². The van der Waals surface area contributed by atoms with E-state index in [1.165, 1.54) is 11.3 Å². The number of nitrogens with zero attached hydrogens (tertiary/aromatic N) is 1. The van der Waals surface area contributed by atoms with Crippen molar-refractivity contribution in [2.75, 3.05) is 17.6 Å². The molecule has 0 aliphatic carbocycles. The first kappa shape index (κ1) is 8.47. The lowest BCUT2D eigenvalue weighted by Gasteiger charge is -2.15. The first-order valence-electron chi connectivity index (χ1n) is 3.58. The average Bonchev–Trinajstić information content (AvgIpc) is 2.03. The Morgan fingerprint density at radius 1 is 1.36 bits per heavy atom. The minimum Gasteiger partial charge on any atom is -0.320 e. The number of hydrogen-bond donors (Lipinski definition) is 0. The molecule has 0 saturated carbocycles. The molecule has 0 spiro atoms. The summed E-state index contributed by atoms with van der Waals surface area (Å²) in [6.07, 6.45) is 2.07. The van der Waals surface area contributed by atoms with Crippen LogP contribution in [0.1, 0.15) is 5.56 Å². The van der Waals surface area contributed by atoms with Crippen LogP contribution in [0.25, 0.3) is 0 Å². The summed E-state index contributed by atoms with van der Waals surface area (Å²) in [6.45, 7) is 2.11. The minimum absolute atomic E-state index is 1.26. The number of rotatable bonds is 2. The Balaban J connectivity index is 2.86. The van der Waals surface area contributed by atoms with Gasteiger partial charge in [-0.2, -0.15) is 0 Å². The molecule has 0 saturated heterocycles. The second-order valence-corrected chi connectivity index (χ2v) is 3.43. The molecule has 0 heterocycles. The van der Waals surface area contributed by atoms with E-state index in [-0.39, 0.29) is 0 Å². The number of anilines is 1. The van der Waals surface area contributed by atoms with Crippen molar-refractivity contribution in [3.05, 3.63) is 29.8 Å². The number of aryl methyl sites for hydroxylation is 1. The number of hydrogen-bond acceptors (Lipinski definition) is 2. The van der Waals surface area contributed by atoms with Crippen molar-refractivity contribution in [2.45, 2.75) is 6.92 Å². The van der Waals surface area contributed by atoms with Gasteiger partial charge < -0.3 is 4.31 Å². The fraction of sp³-hybridized carbons (Fsp3) is 0.333. The van der Waals surface area contributed by atoms with E-state index in [1.54, 1.807) is 11.9 Å². The van der Waals surface area contributed by atoms with Gasteiger partial charge in [-0.1, -0.05) is 24.1 Å². The lowest BCUT2D eigenvalue weighted by molar-refractivity contribution is 1.34. The van der Waals surface area contributed by atoms with Gasteiger partial charge in [0.1, 0.15) is 0 Å². The quantitative estimate of drug-likeness (QED) is 0.623. The van der Waals surface area contributed by atoms with Gasteiger partial charge in [-0.25, -0.2) is 0 Å². The highest BCUT2D eigenvalue weighted by atomic mass is 32.2. The molecule has 60 valence electrons. The third-order valence-electron chi connectivity index (χ3n) is 1.64. The SMILES string of the molecule is CSN(C)c1cccc(C)c1. The van der Waals surface area contributed by atoms with Gasteiger partial charge in [-0.3, -0.25) is 0 Å². The van der Waals surface area contributed by atoms with Gasteiger partial charge in [0.2, 0.25) is 0 Å². The van der Waals surface area contributed by atoms with Gasteiger partial charge in [-0.15, -0.1) is 0 Å². The Bertz CT molecular complexity index is 235. The summed E-state index contributed by atoms with van der Waals surface area (Å²) in [6, 6.07) is 8.48. The van der Waals surface area contributed by atoms with Crippen LogP contribution in [0.3, 0.4) is 0 Å². The lowest BCUT2D eigenvalue weighted by atomic mass is 10.2. The van der Waals surface area contributed by atoms with Crippen LogP contribution < -0.4 is 4.31 Å². The maximum Gasteiger partial charge on any atom is 0.0469 e. The zero-order chi connectivity index (χ0) is 8.27. The molecule has 0 amide bonds. The first-order chi connectivity index (χ1) is 5.24. The van der Waals surface area contributed by atoms with Crippen molar-refractivity contribution < 1.29 is 0 Å². The normalized spacial score (nSPS) is 9.73. The molecule has 0 aromatic heterocycles. The summed E-state index contributed by atoms with van der Waals surface area (Å²) in [5.41, 5.74) is 2.57. The third kappa shape index (κ3) is 2.15. The zero-order valence-corrected chi connectivity index (χ0v) is 7.98. The molecule has 0 bridgehead atoms. The Hall–Kier alpha value is -0.630. The summed E-state index contributed by atoms with van der Waals surface area (Å²) >= 11 is 1.72. The van der Waals surface area contributed by atoms with E-state index in [0.29, 0.717) is 0 Å². The van der Waals surface area contributed by atoms with Gasteiger partial charge >= 0.3 is 0 Å². The van der Waals surface area contributed by atoms with Crippen molar-refractivity contribution in [1.29, 1.82) is 0 Å². The van der Waals surface area contributed by atoms with Crippen molar-refractivity contribution in [1.82, 2.24) is 0 Å². The average molecular weight is 167 g/mol. The maximum absolute atomic E-state index is 2.18. The Morgan fingerprint density at radius 2 is 2.09 bits per heavy atom. The summed E-state index contributed by atoms with van der Waals surface area (Å²) in [5, 5.41) is 0. The standard InChI is InChI=1S/C9H13NS/c1-8-5-4-6-9(7-8)10(2)11-3/h4-7H,1-3H3. The van der Waals surface area contributed by atoms with Crippen LogP contribution in [-0.4, -0.2) is 13.3 Å². The van der Waals surface area contributed by atoms with Crippen LogP contribution in [0.4, 0.5) is 5.69 Å². The Labute approximate surface area is 72.5 Å². The number of benzene rings is 1. The molecule has 0 aliphatic rings. The fourth-order valence-electron chi connectivity index (χ4n) is 0.929. The van der Waals surface area contributed by atoms with Gasteiger partial charge in [0.05, 0.1) is 0 Å². The molecule has 11 heavy (non-hydrogen) atoms. The van der Waals surface area contributed by atoms with Gasteiger partial charge in [0.15, 0.2) is 0 Å². The fourth-order valence-corrected chi connectivity index (χ4v) is 1.25. The molecule has 0 N–H and O–H groups in total. The van der Waals surface area contributed by atoms with Gasteiger partial charge in [0, 0.05) is 19.0 Å². The third-order valence-corrected chi connectivity index (χ3v) is 2.40. The highest BCUT2D eigenvalue weighted by Crippen LogP contribution is 2.18. The van der Waals surface area contributed by atoms with Crippen LogP contribution in [-0.2, 0) is 0 Å². The van der Waals surface area contributed by atoms with Crippen LogP contribution in [0.15, 0.2) is 24.3 Å². The molecule has 1 rings (SSSR count). The molecular weight excluding hydrogens is 154 g/mol. The van der Waals surface area contributed by atoms with E-state index in [1.807, 2.05) is 0 Å². The maximum atomic E-state index is 2.18. The van der Waals surface area contributed by atoms with Crippen molar-refractivity contribution in [3.63, 3.8) is 0 Å². The second kappa shape index (κ2) is 3.67. The van der Waals surface area contributed by atoms with Gasteiger partial charge in [0.25, 0.3) is 0 Å². The molecule has 1 nitrogen and oxygen atoms in total. The van der Waals surface area contributed by atoms with Crippen LogP contribution in [0, 0.1) is 6.92 Å². The monoisotopic (exact) mass is 167 g/mol. The Morgan fingerprint density at radius 3 is 2.64 bits per heavy atom. The van der Waals surface area contributed by atoms with E-state index in [9.17, 15) is 0 Å². The summed E-state index contributed by atoms with van der Waals surface area (Å²) in [7, 11) is 2.07. The first-order valence-corrected chi connectivity index (χ1v) is 4.76. The predicted octanol–water partition coefficient (Wildman–Crippen LogP) is 2.71. The molecule has 0 unspecified atom stereocenters. The zero-order valence-electron chi connectivity index (χ0n) is 7.16. The molecule has 0 atom stereocenters. The molecular formula is C9H13NS. The van der Waals surface area contributed by atoms with Crippen molar-refractivity contribution >= 4 is 17.6 Å². The van der Waals surface area contributed by atoms with E-state index in [0.717, 1.165) is 0 Å². The van der Waals surface area contributed by atoms with Crippen LogP contribution in [0.2, 0.25) is 0 Å². The van der Waals surface area contributed by atoms with E-state index < -0.39 is 0 Å². The van der Waals surface area contributed by atoms with Crippen molar-refractivity contribution in [3.8, 4) is 0 Å². The molecule has 0 aliphatic heterocycles. The molecule has 1 aromatic rings. The minimum atomic E-state index is 1.26. The second-order valence-electron chi connectivity index (χ2n) is 2.52. The smallest absolute Gasteiger partial charge is 0.0469 e. The van der Waals surface area contributed by atoms with E-state index in [4.69, 9.17) is 0 Å². The highest BCUT2D eigenvalue weighted by Gasteiger charge is 1.96. The Kier molecular flexibility index (Phi) is 2.83. The largest absolute Gasteiger partial charge is 0.320 e. The molecule has 0 radical (unpaired) electrons. The van der Waals surface area contributed by atoms with E-state index >= 15 is 0 Å². The van der Waals surface area contributed by atoms with E-state index in [2.05, 4.69) is 48.8 Å². The molecule has 0 fully saturated rings. The van der Waals surface area contributed by atoms with Crippen molar-refractivity contribution in [2.24, 2.45) is 0 Å². The lowest BCUT2D eigenvalue weighted by Crippen LogP contribution is -2.04. The summed E-state index contributed by atoms with van der Waals surface area (Å²) in [4.78, 5) is 0. The van der Waals surface area contributed by atoms with Crippen LogP contribution >= 0.6 is 11.9 Å². The molecule has 2 heteroatoms. The highest BCUT2D eigenvalue weighted by molar-refractivity contribution is 7.99. The predicted molar refractivity (Wildman–Crippen MR) is 53.1 cm³/mol. The summed E-state index contributed by atoms with van der Waals surface area (Å²) < 4.78 is 2.15. The molecule has 1 aromatic carbocycles. The van der Waals surface area contributed by atoms with Crippen LogP contribution in [0.5, 0.6) is 0 Å². The topological polar surface area (TPSA) is 3.24 Å².